The maximum atomic E-state index is 10.8. The van der Waals surface area contributed by atoms with Crippen molar-refractivity contribution in [2.24, 2.45) is 28.2 Å². The Morgan fingerprint density at radius 2 is 2.19 bits per heavy atom. The van der Waals surface area contributed by atoms with Gasteiger partial charge in [0.05, 0.1) is 12.3 Å². The van der Waals surface area contributed by atoms with E-state index in [1.165, 1.54) is 0 Å². The third-order valence-corrected chi connectivity index (χ3v) is 2.12. The number of hydroxylamine groups is 1. The van der Waals surface area contributed by atoms with E-state index in [-0.39, 0.29) is 24.1 Å². The summed E-state index contributed by atoms with van der Waals surface area (Å²) < 4.78 is 0. The first-order valence-electron chi connectivity index (χ1n) is 4.46. The predicted octanol–water partition coefficient (Wildman–Crippen LogP) is -2.99. The van der Waals surface area contributed by atoms with Crippen LogP contribution in [0.5, 0.6) is 0 Å². The number of nitrogens with two attached hydrogens (primary N) is 4. The van der Waals surface area contributed by atoms with Crippen LogP contribution in [0.3, 0.4) is 0 Å². The number of nitrogens with one attached hydrogen (secondary N) is 1. The third-order valence-electron chi connectivity index (χ3n) is 2.12. The number of amides is 1. The van der Waals surface area contributed by atoms with Crippen molar-refractivity contribution in [1.82, 2.24) is 10.5 Å². The molecule has 0 aromatic rings. The second-order valence-electron chi connectivity index (χ2n) is 3.31. The lowest BCUT2D eigenvalue weighted by molar-refractivity contribution is -0.114. The summed E-state index contributed by atoms with van der Waals surface area (Å²) in [5, 5.41) is 4.76. The Morgan fingerprint density at radius 3 is 2.62 bits per heavy atom. The lowest BCUT2D eigenvalue weighted by Crippen LogP contribution is -2.47. The van der Waals surface area contributed by atoms with Crippen molar-refractivity contribution < 1.29 is 9.73 Å². The van der Waals surface area contributed by atoms with E-state index in [4.69, 9.17) is 23.0 Å². The molecule has 9 heteroatoms. The van der Waals surface area contributed by atoms with Gasteiger partial charge in [-0.05, 0) is 6.92 Å². The molecule has 9 nitrogen and oxygen atoms in total. The molecule has 0 saturated heterocycles. The van der Waals surface area contributed by atoms with E-state index in [0.717, 1.165) is 5.01 Å². The molecule has 1 aliphatic heterocycles. The maximum absolute atomic E-state index is 10.8. The number of hydrogen-bond donors (Lipinski definition) is 5. The molecule has 1 heterocycles. The van der Waals surface area contributed by atoms with Crippen molar-refractivity contribution in [1.29, 1.82) is 0 Å². The summed E-state index contributed by atoms with van der Waals surface area (Å²) >= 11 is 0. The Morgan fingerprint density at radius 1 is 1.56 bits per heavy atom. The van der Waals surface area contributed by atoms with Gasteiger partial charge in [-0.15, -0.1) is 5.48 Å². The molecule has 1 aliphatic rings. The third kappa shape index (κ3) is 2.52. The number of nitrogens with zero attached hydrogens (tertiary/aromatic N) is 2. The van der Waals surface area contributed by atoms with Gasteiger partial charge in [-0.2, -0.15) is 0 Å². The first-order valence-corrected chi connectivity index (χ1v) is 4.46. The molecule has 0 aromatic heterocycles. The van der Waals surface area contributed by atoms with Crippen LogP contribution in [0.1, 0.15) is 6.92 Å². The normalized spacial score (nSPS) is 20.9. The molecule has 1 unspecified atom stereocenters. The fourth-order valence-electron chi connectivity index (χ4n) is 1.06. The average molecular weight is 229 g/mol. The van der Waals surface area contributed by atoms with Crippen LogP contribution < -0.4 is 28.5 Å². The molecule has 16 heavy (non-hydrogen) atoms. The van der Waals surface area contributed by atoms with Crippen LogP contribution in [-0.4, -0.2) is 29.2 Å². The van der Waals surface area contributed by atoms with E-state index in [9.17, 15) is 4.79 Å². The molecule has 9 N–H and O–H groups in total. The number of hydrogen-bond acceptors (Lipinski definition) is 8. The van der Waals surface area contributed by atoms with Gasteiger partial charge in [0.2, 0.25) is 0 Å². The smallest absolute Gasteiger partial charge is 0.268 e. The predicted molar refractivity (Wildman–Crippen MR) is 56.6 cm³/mol. The summed E-state index contributed by atoms with van der Waals surface area (Å²) in [5.41, 5.74) is 18.9. The quantitative estimate of drug-likeness (QED) is 0.195. The van der Waals surface area contributed by atoms with Gasteiger partial charge in [0.25, 0.3) is 5.91 Å². The summed E-state index contributed by atoms with van der Waals surface area (Å²) in [6.07, 6.45) is 0. The van der Waals surface area contributed by atoms with Crippen LogP contribution in [0, 0.1) is 0 Å². The number of hydrazine groups is 1. The highest BCUT2D eigenvalue weighted by molar-refractivity contribution is 5.91. The number of carbonyl (C=O) groups excluding carboxylic acids is 1. The van der Waals surface area contributed by atoms with Crippen LogP contribution >= 0.6 is 0 Å². The SMILES string of the molecule is CC1=NONC1CN(N)/C(N)=C(\N)C(N)=O. The number of primary amides is 1. The molecule has 0 bridgehead atoms. The fraction of sp³-hybridized carbons (Fsp3) is 0.429. The number of rotatable bonds is 4. The van der Waals surface area contributed by atoms with Crippen molar-refractivity contribution in [3.8, 4) is 0 Å². The van der Waals surface area contributed by atoms with Gasteiger partial charge in [-0.3, -0.25) is 14.7 Å². The summed E-state index contributed by atoms with van der Waals surface area (Å²) in [7, 11) is 0. The van der Waals surface area contributed by atoms with Gasteiger partial charge in [-0.25, -0.2) is 5.84 Å². The molecule has 1 atom stereocenters. The Balaban J connectivity index is 2.65. The van der Waals surface area contributed by atoms with Crippen molar-refractivity contribution in [3.63, 3.8) is 0 Å². The van der Waals surface area contributed by atoms with Crippen LogP contribution in [0.25, 0.3) is 0 Å². The average Bonchev–Trinajstić information content (AvgIpc) is 2.62. The largest absolute Gasteiger partial charge is 0.391 e. The molecular weight excluding hydrogens is 214 g/mol. The lowest BCUT2D eigenvalue weighted by Gasteiger charge is -2.22. The van der Waals surface area contributed by atoms with Crippen LogP contribution in [0.4, 0.5) is 0 Å². The van der Waals surface area contributed by atoms with Crippen molar-refractivity contribution in [3.05, 3.63) is 11.5 Å². The van der Waals surface area contributed by atoms with Crippen molar-refractivity contribution in [2.45, 2.75) is 13.0 Å². The summed E-state index contributed by atoms with van der Waals surface area (Å²) in [6, 6.07) is -0.218. The second-order valence-corrected chi connectivity index (χ2v) is 3.31. The first kappa shape index (κ1) is 12.1. The molecule has 0 fully saturated rings. The minimum absolute atomic E-state index is 0.0889. The molecule has 1 rings (SSSR count). The Kier molecular flexibility index (Phi) is 3.53. The number of carbonyl (C=O) groups is 1. The minimum Gasteiger partial charge on any atom is -0.391 e. The molecule has 0 aromatic carbocycles. The first-order chi connectivity index (χ1) is 7.43. The summed E-state index contributed by atoms with van der Waals surface area (Å²) in [5.74, 6) is 4.70. The van der Waals surface area contributed by atoms with Gasteiger partial charge in [-0.1, -0.05) is 5.16 Å². The van der Waals surface area contributed by atoms with E-state index >= 15 is 0 Å². The zero-order valence-electron chi connectivity index (χ0n) is 8.80. The Labute approximate surface area is 92.0 Å². The fourth-order valence-corrected chi connectivity index (χ4v) is 1.06. The van der Waals surface area contributed by atoms with Gasteiger partial charge < -0.3 is 17.2 Å². The molecule has 0 radical (unpaired) electrons. The van der Waals surface area contributed by atoms with E-state index in [2.05, 4.69) is 15.6 Å². The standard InChI is InChI=1S/C7H15N7O2/c1-3-4(13-16-12-3)2-14(11)6(9)5(8)7(10)15/h4,13H,2,8-9,11H2,1H3,(H2,10,15)/b6-5-. The Hall–Kier alpha value is -2.00. The zero-order chi connectivity index (χ0) is 12.3. The van der Waals surface area contributed by atoms with Crippen molar-refractivity contribution in [2.75, 3.05) is 6.54 Å². The molecule has 0 aliphatic carbocycles. The second kappa shape index (κ2) is 4.68. The van der Waals surface area contributed by atoms with E-state index in [0.29, 0.717) is 5.71 Å². The number of oxime groups is 1. The van der Waals surface area contributed by atoms with Crippen LogP contribution in [0.15, 0.2) is 16.7 Å². The summed E-state index contributed by atoms with van der Waals surface area (Å²) in [4.78, 5) is 15.4. The van der Waals surface area contributed by atoms with Gasteiger partial charge in [0.15, 0.2) is 0 Å². The molecule has 90 valence electrons. The molecule has 1 amide bonds. The monoisotopic (exact) mass is 229 g/mol. The minimum atomic E-state index is -0.825. The highest BCUT2D eigenvalue weighted by atomic mass is 16.8. The molecule has 0 saturated carbocycles. The lowest BCUT2D eigenvalue weighted by atomic mass is 10.2. The van der Waals surface area contributed by atoms with Gasteiger partial charge in [0.1, 0.15) is 17.6 Å². The van der Waals surface area contributed by atoms with Crippen LogP contribution in [0.2, 0.25) is 0 Å². The Bertz CT molecular complexity index is 351. The highest BCUT2D eigenvalue weighted by Gasteiger charge is 2.22. The highest BCUT2D eigenvalue weighted by Crippen LogP contribution is 2.02. The van der Waals surface area contributed by atoms with E-state index in [1.54, 1.807) is 6.92 Å². The van der Waals surface area contributed by atoms with Gasteiger partial charge >= 0.3 is 0 Å². The zero-order valence-corrected chi connectivity index (χ0v) is 8.80. The van der Waals surface area contributed by atoms with Gasteiger partial charge in [0, 0.05) is 0 Å². The molecular formula is C7H15N7O2. The van der Waals surface area contributed by atoms with Crippen LogP contribution in [-0.2, 0) is 9.73 Å². The van der Waals surface area contributed by atoms with E-state index < -0.39 is 5.91 Å². The topological polar surface area (TPSA) is 158 Å². The maximum Gasteiger partial charge on any atom is 0.268 e. The van der Waals surface area contributed by atoms with E-state index in [1.807, 2.05) is 0 Å². The molecule has 0 spiro atoms. The van der Waals surface area contributed by atoms with Crippen molar-refractivity contribution >= 4 is 11.6 Å². The summed E-state index contributed by atoms with van der Waals surface area (Å²) in [6.45, 7) is 2.00.